The van der Waals surface area contributed by atoms with E-state index in [4.69, 9.17) is 4.18 Å². The standard InChI is InChI=1S/C19H32O4S/c1-3-4-5-6-7-8-9-10-11-12-13-18-14-16-19(17-15-18)23-24(20,21)22-2/h14-17H,3-13H2,1-2H3. The van der Waals surface area contributed by atoms with Gasteiger partial charge in [0.05, 0.1) is 7.11 Å². The van der Waals surface area contributed by atoms with Crippen molar-refractivity contribution < 1.29 is 16.8 Å². The maximum Gasteiger partial charge on any atom is 0.448 e. The molecule has 0 heterocycles. The fraction of sp³-hybridized carbons (Fsp3) is 0.684. The first-order valence-electron chi connectivity index (χ1n) is 9.16. The Kier molecular flexibility index (Phi) is 10.8. The predicted molar refractivity (Wildman–Crippen MR) is 98.5 cm³/mol. The van der Waals surface area contributed by atoms with Crippen molar-refractivity contribution in [2.75, 3.05) is 7.11 Å². The third-order valence-electron chi connectivity index (χ3n) is 4.14. The van der Waals surface area contributed by atoms with Gasteiger partial charge in [0.1, 0.15) is 5.75 Å². The second-order valence-corrected chi connectivity index (χ2v) is 7.55. The Bertz CT molecular complexity index is 523. The highest BCUT2D eigenvalue weighted by Gasteiger charge is 2.10. The molecule has 1 aromatic rings. The van der Waals surface area contributed by atoms with Gasteiger partial charge in [0.25, 0.3) is 0 Å². The van der Waals surface area contributed by atoms with Crippen molar-refractivity contribution in [3.05, 3.63) is 29.8 Å². The van der Waals surface area contributed by atoms with Gasteiger partial charge in [-0.2, -0.15) is 8.42 Å². The third-order valence-corrected chi connectivity index (χ3v) is 4.95. The van der Waals surface area contributed by atoms with E-state index in [2.05, 4.69) is 11.1 Å². The zero-order chi connectivity index (χ0) is 17.7. The maximum absolute atomic E-state index is 11.2. The number of hydrogen-bond acceptors (Lipinski definition) is 4. The van der Waals surface area contributed by atoms with Crippen LogP contribution in [-0.2, 0) is 21.0 Å². The topological polar surface area (TPSA) is 52.6 Å². The number of benzene rings is 1. The van der Waals surface area contributed by atoms with E-state index in [1.54, 1.807) is 12.1 Å². The molecule has 0 fully saturated rings. The van der Waals surface area contributed by atoms with Crippen LogP contribution in [0.3, 0.4) is 0 Å². The molecule has 1 rings (SSSR count). The molecule has 5 heteroatoms. The average Bonchev–Trinajstić information content (AvgIpc) is 2.58. The first kappa shape index (κ1) is 21.0. The van der Waals surface area contributed by atoms with Crippen LogP contribution in [0.25, 0.3) is 0 Å². The highest BCUT2D eigenvalue weighted by atomic mass is 32.3. The summed E-state index contributed by atoms with van der Waals surface area (Å²) >= 11 is 0. The van der Waals surface area contributed by atoms with E-state index in [-0.39, 0.29) is 5.75 Å². The summed E-state index contributed by atoms with van der Waals surface area (Å²) in [6.45, 7) is 2.25. The van der Waals surface area contributed by atoms with Gasteiger partial charge in [0.15, 0.2) is 0 Å². The lowest BCUT2D eigenvalue weighted by atomic mass is 10.0. The lowest BCUT2D eigenvalue weighted by molar-refractivity contribution is 0.330. The van der Waals surface area contributed by atoms with Crippen LogP contribution < -0.4 is 4.18 Å². The zero-order valence-electron chi connectivity index (χ0n) is 15.1. The van der Waals surface area contributed by atoms with Gasteiger partial charge in [0.2, 0.25) is 0 Å². The Labute approximate surface area is 147 Å². The monoisotopic (exact) mass is 356 g/mol. The third kappa shape index (κ3) is 9.93. The van der Waals surface area contributed by atoms with E-state index < -0.39 is 10.4 Å². The summed E-state index contributed by atoms with van der Waals surface area (Å²) in [5, 5.41) is 0. The van der Waals surface area contributed by atoms with Crippen LogP contribution >= 0.6 is 0 Å². The number of hydrogen-bond donors (Lipinski definition) is 0. The maximum atomic E-state index is 11.2. The average molecular weight is 357 g/mol. The molecule has 0 aliphatic carbocycles. The lowest BCUT2D eigenvalue weighted by Crippen LogP contribution is -2.10. The summed E-state index contributed by atoms with van der Waals surface area (Å²) in [7, 11) is -2.84. The molecule has 24 heavy (non-hydrogen) atoms. The summed E-state index contributed by atoms with van der Waals surface area (Å²) in [5.74, 6) is 0.281. The largest absolute Gasteiger partial charge is 0.448 e. The van der Waals surface area contributed by atoms with Crippen LogP contribution in [0, 0.1) is 0 Å². The van der Waals surface area contributed by atoms with Crippen molar-refractivity contribution in [1.29, 1.82) is 0 Å². The molecule has 0 atom stereocenters. The molecule has 0 unspecified atom stereocenters. The Balaban J connectivity index is 2.09. The van der Waals surface area contributed by atoms with Crippen molar-refractivity contribution in [2.24, 2.45) is 0 Å². The Morgan fingerprint density at radius 1 is 0.792 bits per heavy atom. The van der Waals surface area contributed by atoms with Gasteiger partial charge in [0, 0.05) is 0 Å². The molecule has 0 saturated heterocycles. The molecule has 0 bridgehead atoms. The molecule has 0 radical (unpaired) electrons. The minimum atomic E-state index is -3.92. The summed E-state index contributed by atoms with van der Waals surface area (Å²) in [5.41, 5.74) is 1.21. The number of unbranched alkanes of at least 4 members (excludes halogenated alkanes) is 9. The molecule has 138 valence electrons. The molecule has 0 saturated carbocycles. The Hall–Kier alpha value is -1.07. The second-order valence-electron chi connectivity index (χ2n) is 6.23. The fourth-order valence-corrected chi connectivity index (χ4v) is 3.09. The molecule has 4 nitrogen and oxygen atoms in total. The van der Waals surface area contributed by atoms with Crippen molar-refractivity contribution in [1.82, 2.24) is 0 Å². The van der Waals surface area contributed by atoms with Gasteiger partial charge >= 0.3 is 10.4 Å². The normalized spacial score (nSPS) is 11.6. The van der Waals surface area contributed by atoms with E-state index in [9.17, 15) is 8.42 Å². The molecule has 1 aromatic carbocycles. The molecular weight excluding hydrogens is 324 g/mol. The smallest absolute Gasteiger partial charge is 0.362 e. The van der Waals surface area contributed by atoms with Gasteiger partial charge in [-0.3, -0.25) is 0 Å². The first-order valence-corrected chi connectivity index (χ1v) is 10.5. The summed E-state index contributed by atoms with van der Waals surface area (Å²) < 4.78 is 31.4. The van der Waals surface area contributed by atoms with Gasteiger partial charge in [-0.05, 0) is 30.5 Å². The quantitative estimate of drug-likeness (QED) is 0.418. The zero-order valence-corrected chi connectivity index (χ0v) is 15.9. The van der Waals surface area contributed by atoms with Gasteiger partial charge < -0.3 is 4.18 Å². The van der Waals surface area contributed by atoms with Crippen molar-refractivity contribution in [3.63, 3.8) is 0 Å². The van der Waals surface area contributed by atoms with Gasteiger partial charge in [-0.1, -0.05) is 76.8 Å². The van der Waals surface area contributed by atoms with E-state index in [0.29, 0.717) is 0 Å². The molecule has 0 spiro atoms. The summed E-state index contributed by atoms with van der Waals surface area (Å²) in [6, 6.07) is 7.16. The van der Waals surface area contributed by atoms with Crippen molar-refractivity contribution in [3.8, 4) is 5.75 Å². The first-order chi connectivity index (χ1) is 11.6. The van der Waals surface area contributed by atoms with E-state index in [1.165, 1.54) is 69.8 Å². The van der Waals surface area contributed by atoms with E-state index >= 15 is 0 Å². The second kappa shape index (κ2) is 12.3. The molecule has 0 amide bonds. The number of rotatable bonds is 14. The highest BCUT2D eigenvalue weighted by molar-refractivity contribution is 7.82. The van der Waals surface area contributed by atoms with Gasteiger partial charge in [-0.25, -0.2) is 4.18 Å². The Morgan fingerprint density at radius 3 is 1.79 bits per heavy atom. The predicted octanol–water partition coefficient (Wildman–Crippen LogP) is 5.42. The van der Waals surface area contributed by atoms with Crippen LogP contribution in [-0.4, -0.2) is 15.5 Å². The van der Waals surface area contributed by atoms with Crippen LogP contribution in [0.15, 0.2) is 24.3 Å². The van der Waals surface area contributed by atoms with Crippen molar-refractivity contribution in [2.45, 2.75) is 77.6 Å². The Morgan fingerprint density at radius 2 is 1.29 bits per heavy atom. The van der Waals surface area contributed by atoms with E-state index in [1.807, 2.05) is 12.1 Å². The molecular formula is C19H32O4S. The van der Waals surface area contributed by atoms with Crippen LogP contribution in [0.4, 0.5) is 0 Å². The van der Waals surface area contributed by atoms with Crippen LogP contribution in [0.5, 0.6) is 5.75 Å². The van der Waals surface area contributed by atoms with Crippen molar-refractivity contribution >= 4 is 10.4 Å². The van der Waals surface area contributed by atoms with E-state index in [0.717, 1.165) is 13.5 Å². The SMILES string of the molecule is CCCCCCCCCCCCc1ccc(OS(=O)(=O)OC)cc1. The molecule has 0 N–H and O–H groups in total. The highest BCUT2D eigenvalue weighted by Crippen LogP contribution is 2.17. The minimum Gasteiger partial charge on any atom is -0.362 e. The molecule has 0 aromatic heterocycles. The van der Waals surface area contributed by atoms with Crippen LogP contribution in [0.1, 0.15) is 76.7 Å². The van der Waals surface area contributed by atoms with Gasteiger partial charge in [-0.15, -0.1) is 0 Å². The van der Waals surface area contributed by atoms with Crippen LogP contribution in [0.2, 0.25) is 0 Å². The minimum absolute atomic E-state index is 0.281. The fourth-order valence-electron chi connectivity index (χ4n) is 2.68. The number of aryl methyl sites for hydroxylation is 1. The summed E-state index contributed by atoms with van der Waals surface area (Å²) in [4.78, 5) is 0. The molecule has 0 aliphatic heterocycles. The summed E-state index contributed by atoms with van der Waals surface area (Å²) in [6.07, 6.45) is 14.3. The molecule has 0 aliphatic rings. The lowest BCUT2D eigenvalue weighted by Gasteiger charge is -2.06.